The van der Waals surface area contributed by atoms with Gasteiger partial charge in [-0.15, -0.1) is 0 Å². The van der Waals surface area contributed by atoms with Crippen LogP contribution in [0.15, 0.2) is 41.3 Å². The number of hydrogen-bond acceptors (Lipinski definition) is 6. The third-order valence-electron chi connectivity index (χ3n) is 5.27. The molecule has 0 N–H and O–H groups in total. The van der Waals surface area contributed by atoms with E-state index in [-0.39, 0.29) is 10.9 Å². The number of nitrogens with zero attached hydrogens (tertiary/aromatic N) is 1. The monoisotopic (exact) mass is 403 g/mol. The molecule has 1 unspecified atom stereocenters. The summed E-state index contributed by atoms with van der Waals surface area (Å²) in [5, 5.41) is 0. The standard InChI is InChI=1S/C20H21NO6S/c22-28(23,15-4-6-18-20(13-15)27-11-9-25-18)21-7-1-2-16(21)14-3-5-17-19(12-14)26-10-8-24-17/h3-6,12-13,16H,1-2,7-11H2. The highest BCUT2D eigenvalue weighted by molar-refractivity contribution is 7.89. The van der Waals surface area contributed by atoms with Gasteiger partial charge in [-0.2, -0.15) is 4.31 Å². The third kappa shape index (κ3) is 2.97. The lowest BCUT2D eigenvalue weighted by molar-refractivity contribution is 0.171. The first kappa shape index (κ1) is 17.6. The van der Waals surface area contributed by atoms with Crippen LogP contribution in [0.2, 0.25) is 0 Å². The van der Waals surface area contributed by atoms with Gasteiger partial charge in [0.15, 0.2) is 23.0 Å². The largest absolute Gasteiger partial charge is 0.486 e. The van der Waals surface area contributed by atoms with E-state index in [0.29, 0.717) is 56.0 Å². The molecular weight excluding hydrogens is 382 g/mol. The van der Waals surface area contributed by atoms with E-state index in [4.69, 9.17) is 18.9 Å². The van der Waals surface area contributed by atoms with Gasteiger partial charge in [0.05, 0.1) is 10.9 Å². The first-order chi connectivity index (χ1) is 13.6. The van der Waals surface area contributed by atoms with Gasteiger partial charge in [-0.05, 0) is 42.7 Å². The summed E-state index contributed by atoms with van der Waals surface area (Å²) in [5.74, 6) is 2.43. The Morgan fingerprint density at radius 3 is 2.11 bits per heavy atom. The van der Waals surface area contributed by atoms with Crippen molar-refractivity contribution >= 4 is 10.0 Å². The summed E-state index contributed by atoms with van der Waals surface area (Å²) in [6.45, 7) is 2.40. The molecule has 3 aliphatic rings. The molecule has 5 rings (SSSR count). The van der Waals surface area contributed by atoms with Crippen molar-refractivity contribution in [3.05, 3.63) is 42.0 Å². The summed E-state index contributed by atoms with van der Waals surface area (Å²) in [6.07, 6.45) is 1.58. The molecule has 3 heterocycles. The molecule has 0 radical (unpaired) electrons. The average Bonchev–Trinajstić information content (AvgIpc) is 3.24. The zero-order chi connectivity index (χ0) is 19.1. The molecule has 0 saturated carbocycles. The molecule has 0 aromatic heterocycles. The van der Waals surface area contributed by atoms with E-state index in [9.17, 15) is 8.42 Å². The molecule has 0 amide bonds. The highest BCUT2D eigenvalue weighted by Crippen LogP contribution is 2.41. The van der Waals surface area contributed by atoms with E-state index >= 15 is 0 Å². The maximum atomic E-state index is 13.4. The second-order valence-corrected chi connectivity index (χ2v) is 8.87. The van der Waals surface area contributed by atoms with Gasteiger partial charge in [0.1, 0.15) is 26.4 Å². The molecule has 1 fully saturated rings. The Hall–Kier alpha value is -2.45. The average molecular weight is 403 g/mol. The molecule has 0 bridgehead atoms. The van der Waals surface area contributed by atoms with Crippen molar-refractivity contribution in [1.82, 2.24) is 4.31 Å². The first-order valence-electron chi connectivity index (χ1n) is 9.44. The fourth-order valence-corrected chi connectivity index (χ4v) is 5.65. The van der Waals surface area contributed by atoms with E-state index in [0.717, 1.165) is 18.4 Å². The van der Waals surface area contributed by atoms with Gasteiger partial charge in [-0.3, -0.25) is 0 Å². The molecular formula is C20H21NO6S. The topological polar surface area (TPSA) is 74.3 Å². The lowest BCUT2D eigenvalue weighted by Gasteiger charge is -2.27. The van der Waals surface area contributed by atoms with Crippen molar-refractivity contribution in [3.8, 4) is 23.0 Å². The zero-order valence-corrected chi connectivity index (χ0v) is 16.1. The fraction of sp³-hybridized carbons (Fsp3) is 0.400. The number of fused-ring (bicyclic) bond motifs is 2. The highest BCUT2D eigenvalue weighted by Gasteiger charge is 2.37. The van der Waals surface area contributed by atoms with Crippen LogP contribution < -0.4 is 18.9 Å². The molecule has 1 saturated heterocycles. The molecule has 7 nitrogen and oxygen atoms in total. The number of rotatable bonds is 3. The predicted molar refractivity (Wildman–Crippen MR) is 101 cm³/mol. The second kappa shape index (κ2) is 6.86. The highest BCUT2D eigenvalue weighted by atomic mass is 32.2. The molecule has 148 valence electrons. The molecule has 2 aromatic rings. The van der Waals surface area contributed by atoms with Gasteiger partial charge in [0, 0.05) is 12.6 Å². The van der Waals surface area contributed by atoms with Crippen LogP contribution in [-0.4, -0.2) is 45.7 Å². The molecule has 28 heavy (non-hydrogen) atoms. The van der Waals surface area contributed by atoms with Crippen LogP contribution in [0.5, 0.6) is 23.0 Å². The van der Waals surface area contributed by atoms with E-state index in [1.807, 2.05) is 18.2 Å². The Morgan fingerprint density at radius 2 is 1.39 bits per heavy atom. The van der Waals surface area contributed by atoms with Crippen molar-refractivity contribution in [3.63, 3.8) is 0 Å². The van der Waals surface area contributed by atoms with Crippen LogP contribution in [0.3, 0.4) is 0 Å². The second-order valence-electron chi connectivity index (χ2n) is 6.98. The third-order valence-corrected chi connectivity index (χ3v) is 7.18. The number of ether oxygens (including phenoxy) is 4. The summed E-state index contributed by atoms with van der Waals surface area (Å²) in [5.41, 5.74) is 0.919. The van der Waals surface area contributed by atoms with Crippen molar-refractivity contribution in [2.45, 2.75) is 23.8 Å². The number of sulfonamides is 1. The van der Waals surface area contributed by atoms with E-state index in [1.54, 1.807) is 22.5 Å². The van der Waals surface area contributed by atoms with Gasteiger partial charge in [-0.1, -0.05) is 6.07 Å². The van der Waals surface area contributed by atoms with Gasteiger partial charge >= 0.3 is 0 Å². The summed E-state index contributed by atoms with van der Waals surface area (Å²) < 4.78 is 50.6. The SMILES string of the molecule is O=S(=O)(c1ccc2c(c1)OCCO2)N1CCCC1c1ccc2c(c1)OCCO2. The lowest BCUT2D eigenvalue weighted by atomic mass is 10.0. The van der Waals surface area contributed by atoms with Crippen molar-refractivity contribution in [2.75, 3.05) is 33.0 Å². The quantitative estimate of drug-likeness (QED) is 0.785. The van der Waals surface area contributed by atoms with Crippen LogP contribution in [0.25, 0.3) is 0 Å². The normalized spacial score (nSPS) is 21.5. The summed E-state index contributed by atoms with van der Waals surface area (Å²) in [7, 11) is -3.67. The van der Waals surface area contributed by atoms with Crippen LogP contribution in [0.4, 0.5) is 0 Å². The smallest absolute Gasteiger partial charge is 0.243 e. The van der Waals surface area contributed by atoms with Crippen LogP contribution in [-0.2, 0) is 10.0 Å². The Balaban J connectivity index is 1.47. The Morgan fingerprint density at radius 1 is 0.786 bits per heavy atom. The van der Waals surface area contributed by atoms with E-state index in [2.05, 4.69) is 0 Å². The summed E-state index contributed by atoms with van der Waals surface area (Å²) >= 11 is 0. The Kier molecular flexibility index (Phi) is 4.32. The van der Waals surface area contributed by atoms with Gasteiger partial charge in [-0.25, -0.2) is 8.42 Å². The van der Waals surface area contributed by atoms with E-state index < -0.39 is 10.0 Å². The molecule has 2 aromatic carbocycles. The van der Waals surface area contributed by atoms with Crippen molar-refractivity contribution in [2.24, 2.45) is 0 Å². The fourth-order valence-electron chi connectivity index (χ4n) is 3.95. The van der Waals surface area contributed by atoms with Gasteiger partial charge in [0.25, 0.3) is 0 Å². The van der Waals surface area contributed by atoms with Gasteiger partial charge < -0.3 is 18.9 Å². The van der Waals surface area contributed by atoms with Crippen LogP contribution in [0.1, 0.15) is 24.4 Å². The van der Waals surface area contributed by atoms with Crippen molar-refractivity contribution in [1.29, 1.82) is 0 Å². The number of benzene rings is 2. The molecule has 3 aliphatic heterocycles. The lowest BCUT2D eigenvalue weighted by Crippen LogP contribution is -2.31. The predicted octanol–water partition coefficient (Wildman–Crippen LogP) is 2.75. The van der Waals surface area contributed by atoms with E-state index in [1.165, 1.54) is 0 Å². The molecule has 1 atom stereocenters. The minimum absolute atomic E-state index is 0.223. The first-order valence-corrected chi connectivity index (χ1v) is 10.9. The van der Waals surface area contributed by atoms with Crippen LogP contribution in [0, 0.1) is 0 Å². The summed E-state index contributed by atoms with van der Waals surface area (Å²) in [6, 6.07) is 10.3. The molecule has 0 aliphatic carbocycles. The molecule has 8 heteroatoms. The zero-order valence-electron chi connectivity index (χ0n) is 15.3. The Labute approximate surface area is 163 Å². The van der Waals surface area contributed by atoms with Gasteiger partial charge in [0.2, 0.25) is 10.0 Å². The minimum atomic E-state index is -3.67. The Bertz CT molecular complexity index is 1010. The minimum Gasteiger partial charge on any atom is -0.486 e. The van der Waals surface area contributed by atoms with Crippen molar-refractivity contribution < 1.29 is 27.4 Å². The molecule has 0 spiro atoms. The number of hydrogen-bond donors (Lipinski definition) is 0. The maximum absolute atomic E-state index is 13.4. The summed E-state index contributed by atoms with van der Waals surface area (Å²) in [4.78, 5) is 0.223. The maximum Gasteiger partial charge on any atom is 0.243 e. The van der Waals surface area contributed by atoms with Crippen LogP contribution >= 0.6 is 0 Å².